The van der Waals surface area contributed by atoms with E-state index in [0.29, 0.717) is 41.4 Å². The van der Waals surface area contributed by atoms with E-state index < -0.39 is 9.84 Å². The monoisotopic (exact) mass is 543 g/mol. The molecule has 1 atom stereocenters. The zero-order valence-electron chi connectivity index (χ0n) is 22.3. The topological polar surface area (TPSA) is 79.8 Å². The molecule has 0 bridgehead atoms. The molecule has 39 heavy (non-hydrogen) atoms. The molecule has 1 fully saturated rings. The maximum atomic E-state index is 13.4. The molecule has 1 aliphatic rings. The molecule has 5 rings (SSSR count). The van der Waals surface area contributed by atoms with Gasteiger partial charge in [0.05, 0.1) is 28.8 Å². The highest BCUT2D eigenvalue weighted by Crippen LogP contribution is 2.28. The zero-order chi connectivity index (χ0) is 27.4. The number of amides is 1. The molecule has 1 unspecified atom stereocenters. The van der Waals surface area contributed by atoms with Crippen molar-refractivity contribution >= 4 is 26.6 Å². The number of nitrogens with zero attached hydrogens (tertiary/aromatic N) is 3. The minimum absolute atomic E-state index is 0.102. The molecule has 7 nitrogen and oxygen atoms in total. The summed E-state index contributed by atoms with van der Waals surface area (Å²) in [5, 5.41) is 0.770. The third-order valence-electron chi connectivity index (χ3n) is 7.34. The van der Waals surface area contributed by atoms with E-state index in [-0.39, 0.29) is 16.6 Å². The number of hydrogen-bond donors (Lipinski definition) is 0. The molecule has 0 saturated carbocycles. The fourth-order valence-electron chi connectivity index (χ4n) is 5.20. The van der Waals surface area contributed by atoms with Crippen molar-refractivity contribution < 1.29 is 17.9 Å². The Hall–Kier alpha value is -3.75. The van der Waals surface area contributed by atoms with Gasteiger partial charge in [0.1, 0.15) is 5.75 Å². The normalized spacial score (nSPS) is 15.3. The van der Waals surface area contributed by atoms with Gasteiger partial charge in [0.15, 0.2) is 9.84 Å². The van der Waals surface area contributed by atoms with Crippen LogP contribution in [0.3, 0.4) is 0 Å². The number of fused-ring (bicyclic) bond motifs is 1. The summed E-state index contributed by atoms with van der Waals surface area (Å²) in [7, 11) is -2.17. The highest BCUT2D eigenvalue weighted by molar-refractivity contribution is 7.90. The third-order valence-corrected chi connectivity index (χ3v) is 9.06. The quantitative estimate of drug-likeness (QED) is 0.318. The molecule has 1 aliphatic heterocycles. The average molecular weight is 544 g/mol. The van der Waals surface area contributed by atoms with Gasteiger partial charge < -0.3 is 9.64 Å². The first-order chi connectivity index (χ1) is 18.9. The van der Waals surface area contributed by atoms with E-state index in [4.69, 9.17) is 4.74 Å². The summed E-state index contributed by atoms with van der Waals surface area (Å²) < 4.78 is 32.2. The number of methoxy groups -OCH3 is 1. The number of carbonyl (C=O) groups excluding carboxylic acids is 1. The van der Waals surface area contributed by atoms with Crippen LogP contribution in [0.1, 0.15) is 34.3 Å². The zero-order valence-corrected chi connectivity index (χ0v) is 23.1. The second-order valence-corrected chi connectivity index (χ2v) is 12.0. The van der Waals surface area contributed by atoms with Crippen molar-refractivity contribution in [2.75, 3.05) is 39.8 Å². The lowest BCUT2D eigenvalue weighted by atomic mass is 10.0. The molecule has 202 valence electrons. The largest absolute Gasteiger partial charge is 0.496 e. The summed E-state index contributed by atoms with van der Waals surface area (Å²) >= 11 is 0. The third kappa shape index (κ3) is 5.97. The van der Waals surface area contributed by atoms with Gasteiger partial charge in [0.2, 0.25) is 0 Å². The molecule has 1 amide bonds. The van der Waals surface area contributed by atoms with Crippen LogP contribution in [0.2, 0.25) is 0 Å². The van der Waals surface area contributed by atoms with Gasteiger partial charge in [0, 0.05) is 44.3 Å². The van der Waals surface area contributed by atoms with E-state index in [1.54, 1.807) is 42.6 Å². The smallest absolute Gasteiger partial charge is 0.257 e. The van der Waals surface area contributed by atoms with E-state index in [1.165, 1.54) is 12.7 Å². The number of piperazine rings is 1. The number of aromatic nitrogens is 1. The van der Waals surface area contributed by atoms with Crippen LogP contribution in [0, 0.1) is 0 Å². The molecule has 0 spiro atoms. The van der Waals surface area contributed by atoms with Crippen molar-refractivity contribution in [3.05, 3.63) is 102 Å². The molecular weight excluding hydrogens is 510 g/mol. The summed E-state index contributed by atoms with van der Waals surface area (Å²) in [4.78, 5) is 22.1. The van der Waals surface area contributed by atoms with Crippen LogP contribution in [0.4, 0.5) is 0 Å². The first-order valence-electron chi connectivity index (χ1n) is 13.2. The first kappa shape index (κ1) is 26.8. The lowest BCUT2D eigenvalue weighted by molar-refractivity contribution is 0.0628. The van der Waals surface area contributed by atoms with Gasteiger partial charge in [-0.25, -0.2) is 8.42 Å². The van der Waals surface area contributed by atoms with Crippen molar-refractivity contribution in [2.24, 2.45) is 0 Å². The molecule has 0 radical (unpaired) electrons. The maximum absolute atomic E-state index is 13.4. The summed E-state index contributed by atoms with van der Waals surface area (Å²) in [6.45, 7) is 6.06. The van der Waals surface area contributed by atoms with E-state index in [0.717, 1.165) is 25.0 Å². The van der Waals surface area contributed by atoms with Gasteiger partial charge in [-0.3, -0.25) is 14.7 Å². The van der Waals surface area contributed by atoms with Crippen LogP contribution in [0.15, 0.2) is 90.0 Å². The molecule has 3 aromatic carbocycles. The molecule has 0 aliphatic carbocycles. The Kier molecular flexibility index (Phi) is 7.95. The van der Waals surface area contributed by atoms with Gasteiger partial charge in [-0.05, 0) is 41.3 Å². The number of carbonyl (C=O) groups is 1. The fraction of sp³-hybridized carbons (Fsp3) is 0.290. The summed E-state index contributed by atoms with van der Waals surface area (Å²) in [6, 6.07) is 24.3. The summed E-state index contributed by atoms with van der Waals surface area (Å²) in [6.07, 6.45) is 1.59. The Balaban J connectivity index is 1.26. The van der Waals surface area contributed by atoms with Crippen LogP contribution in [-0.4, -0.2) is 68.9 Å². The highest BCUT2D eigenvalue weighted by Gasteiger charge is 2.26. The predicted octanol–water partition coefficient (Wildman–Crippen LogP) is 4.78. The van der Waals surface area contributed by atoms with Crippen LogP contribution >= 0.6 is 0 Å². The molecule has 0 N–H and O–H groups in total. The highest BCUT2D eigenvalue weighted by atomic mass is 32.2. The van der Waals surface area contributed by atoms with Crippen molar-refractivity contribution in [2.45, 2.75) is 23.5 Å². The molecule has 2 heterocycles. The number of ether oxygens (including phenoxy) is 1. The van der Waals surface area contributed by atoms with Gasteiger partial charge >= 0.3 is 0 Å². The Morgan fingerprint density at radius 3 is 2.44 bits per heavy atom. The van der Waals surface area contributed by atoms with Gasteiger partial charge in [0.25, 0.3) is 5.91 Å². The summed E-state index contributed by atoms with van der Waals surface area (Å²) in [5.41, 5.74) is 2.77. The maximum Gasteiger partial charge on any atom is 0.257 e. The van der Waals surface area contributed by atoms with E-state index in [2.05, 4.69) is 41.1 Å². The Labute approximate surface area is 230 Å². The molecule has 1 aromatic heterocycles. The van der Waals surface area contributed by atoms with Crippen LogP contribution in [0.5, 0.6) is 5.75 Å². The van der Waals surface area contributed by atoms with Gasteiger partial charge in [-0.1, -0.05) is 61.5 Å². The molecule has 8 heteroatoms. The number of hydrogen-bond acceptors (Lipinski definition) is 6. The standard InChI is InChI=1S/C31H33N3O4S/c1-23(25-8-4-3-5-9-25)21-33-16-18-34(19-17-33)31(35)27-14-13-24(20-28(27)38-2)22-39(36,37)29-12-6-10-26-11-7-15-32-30(26)29/h3-15,20,23H,16-19,21-22H2,1-2H3. The lowest BCUT2D eigenvalue weighted by Crippen LogP contribution is -2.49. The Morgan fingerprint density at radius 1 is 0.949 bits per heavy atom. The van der Waals surface area contributed by atoms with Crippen molar-refractivity contribution in [1.29, 1.82) is 0 Å². The van der Waals surface area contributed by atoms with Crippen molar-refractivity contribution in [3.63, 3.8) is 0 Å². The minimum atomic E-state index is -3.67. The van der Waals surface area contributed by atoms with Crippen LogP contribution in [0.25, 0.3) is 10.9 Å². The van der Waals surface area contributed by atoms with Crippen LogP contribution in [-0.2, 0) is 15.6 Å². The van der Waals surface area contributed by atoms with E-state index in [1.807, 2.05) is 23.1 Å². The minimum Gasteiger partial charge on any atom is -0.496 e. The second-order valence-electron chi connectivity index (χ2n) is 10.0. The number of benzene rings is 3. The second kappa shape index (κ2) is 11.6. The SMILES string of the molecule is COc1cc(CS(=O)(=O)c2cccc3cccnc23)ccc1C(=O)N1CCN(CC(C)c2ccccc2)CC1. The molecular formula is C31H33N3O4S. The van der Waals surface area contributed by atoms with Crippen molar-refractivity contribution in [1.82, 2.24) is 14.8 Å². The fourth-order valence-corrected chi connectivity index (χ4v) is 6.73. The van der Waals surface area contributed by atoms with Gasteiger partial charge in [-0.15, -0.1) is 0 Å². The van der Waals surface area contributed by atoms with Gasteiger partial charge in [-0.2, -0.15) is 0 Å². The Bertz CT molecular complexity index is 1560. The number of para-hydroxylation sites is 1. The first-order valence-corrected chi connectivity index (χ1v) is 14.8. The van der Waals surface area contributed by atoms with Crippen LogP contribution < -0.4 is 4.74 Å². The molecule has 4 aromatic rings. The van der Waals surface area contributed by atoms with E-state index in [9.17, 15) is 13.2 Å². The number of pyridine rings is 1. The average Bonchev–Trinajstić information content (AvgIpc) is 2.97. The summed E-state index contributed by atoms with van der Waals surface area (Å²) in [5.74, 6) is 0.479. The molecule has 1 saturated heterocycles. The predicted molar refractivity (Wildman–Crippen MR) is 153 cm³/mol. The van der Waals surface area contributed by atoms with Crippen molar-refractivity contribution in [3.8, 4) is 5.75 Å². The van der Waals surface area contributed by atoms with E-state index >= 15 is 0 Å². The lowest BCUT2D eigenvalue weighted by Gasteiger charge is -2.36. The Morgan fingerprint density at radius 2 is 1.69 bits per heavy atom. The number of sulfone groups is 1. The number of rotatable bonds is 8.